The van der Waals surface area contributed by atoms with Crippen LogP contribution in [0.1, 0.15) is 77.6 Å². The van der Waals surface area contributed by atoms with Gasteiger partial charge in [-0.15, -0.1) is 0 Å². The third-order valence-corrected chi connectivity index (χ3v) is 4.95. The fraction of sp³-hybridized carbons (Fsp3) is 0.857. The Morgan fingerprint density at radius 3 is 2.56 bits per heavy atom. The molecule has 0 aromatic carbocycles. The summed E-state index contributed by atoms with van der Waals surface area (Å²) in [4.78, 5) is 10.5. The molecule has 0 saturated carbocycles. The average molecular weight is 355 g/mol. The first kappa shape index (κ1) is 22.2. The minimum Gasteiger partial charge on any atom is -0.481 e. The van der Waals surface area contributed by atoms with E-state index in [1.54, 1.807) is 0 Å². The van der Waals surface area contributed by atoms with Gasteiger partial charge in [0.15, 0.2) is 0 Å². The Hall–Kier alpha value is -0.870. The lowest BCUT2D eigenvalue weighted by molar-refractivity contribution is -0.137. The van der Waals surface area contributed by atoms with E-state index in [9.17, 15) is 4.79 Å². The number of rotatable bonds is 16. The molecule has 1 saturated heterocycles. The van der Waals surface area contributed by atoms with Crippen LogP contribution in [0.25, 0.3) is 0 Å². The van der Waals surface area contributed by atoms with Gasteiger partial charge in [0, 0.05) is 26.2 Å². The van der Waals surface area contributed by atoms with Crippen molar-refractivity contribution in [2.24, 2.45) is 11.8 Å². The Kier molecular flexibility index (Phi) is 13.6. The normalized spacial score (nSPS) is 20.5. The fourth-order valence-electron chi connectivity index (χ4n) is 3.33. The third kappa shape index (κ3) is 12.2. The summed E-state index contributed by atoms with van der Waals surface area (Å²) in [5.41, 5.74) is 0. The molecule has 146 valence electrons. The van der Waals surface area contributed by atoms with Gasteiger partial charge >= 0.3 is 5.97 Å². The van der Waals surface area contributed by atoms with Crippen molar-refractivity contribution < 1.29 is 19.4 Å². The largest absolute Gasteiger partial charge is 0.481 e. The summed E-state index contributed by atoms with van der Waals surface area (Å²) < 4.78 is 11.4. The van der Waals surface area contributed by atoms with E-state index in [-0.39, 0.29) is 6.42 Å². The number of hydrogen-bond acceptors (Lipinski definition) is 3. The van der Waals surface area contributed by atoms with Crippen molar-refractivity contribution in [3.8, 4) is 0 Å². The standard InChI is InChI=1S/C21H38O4/c1-2-3-4-10-15-24-16-11-9-13-20-18-25-17-19(20)12-7-5-6-8-14-21(22)23/h5,7,19-20H,2-4,6,8-18H2,1H3,(H,22,23)/t19-,20+/m0/s1. The Morgan fingerprint density at radius 1 is 1.04 bits per heavy atom. The molecule has 1 aliphatic heterocycles. The number of carboxylic acids is 1. The van der Waals surface area contributed by atoms with Crippen LogP contribution in [0, 0.1) is 11.8 Å². The maximum Gasteiger partial charge on any atom is 0.303 e. The first-order valence-corrected chi connectivity index (χ1v) is 10.3. The molecule has 1 N–H and O–H groups in total. The second-order valence-corrected chi connectivity index (χ2v) is 7.22. The molecule has 0 aliphatic carbocycles. The van der Waals surface area contributed by atoms with Crippen LogP contribution in [-0.4, -0.2) is 37.5 Å². The molecule has 0 aromatic rings. The van der Waals surface area contributed by atoms with Crippen molar-refractivity contribution >= 4 is 5.97 Å². The Balaban J connectivity index is 1.99. The maximum atomic E-state index is 10.5. The zero-order valence-electron chi connectivity index (χ0n) is 16.1. The van der Waals surface area contributed by atoms with Crippen molar-refractivity contribution in [2.75, 3.05) is 26.4 Å². The van der Waals surface area contributed by atoms with E-state index < -0.39 is 5.97 Å². The molecule has 1 rings (SSSR count). The van der Waals surface area contributed by atoms with Gasteiger partial charge in [-0.25, -0.2) is 0 Å². The van der Waals surface area contributed by atoms with Crippen LogP contribution >= 0.6 is 0 Å². The lowest BCUT2D eigenvalue weighted by atomic mass is 9.88. The molecule has 4 heteroatoms. The van der Waals surface area contributed by atoms with Crippen molar-refractivity contribution in [1.82, 2.24) is 0 Å². The van der Waals surface area contributed by atoms with E-state index in [0.717, 1.165) is 52.1 Å². The highest BCUT2D eigenvalue weighted by Gasteiger charge is 2.26. The highest BCUT2D eigenvalue weighted by molar-refractivity contribution is 5.66. The topological polar surface area (TPSA) is 55.8 Å². The quantitative estimate of drug-likeness (QED) is 0.305. The smallest absolute Gasteiger partial charge is 0.303 e. The highest BCUT2D eigenvalue weighted by atomic mass is 16.5. The number of aliphatic carboxylic acids is 1. The molecule has 1 heterocycles. The Bertz CT molecular complexity index is 354. The Morgan fingerprint density at radius 2 is 1.80 bits per heavy atom. The van der Waals surface area contributed by atoms with Gasteiger partial charge < -0.3 is 14.6 Å². The molecule has 1 fully saturated rings. The van der Waals surface area contributed by atoms with E-state index in [2.05, 4.69) is 19.1 Å². The number of hydrogen-bond donors (Lipinski definition) is 1. The number of unbranched alkanes of at least 4 members (excludes halogenated alkanes) is 5. The van der Waals surface area contributed by atoms with Crippen LogP contribution in [0.15, 0.2) is 12.2 Å². The van der Waals surface area contributed by atoms with Gasteiger partial charge in [-0.05, 0) is 50.4 Å². The average Bonchev–Trinajstić information content (AvgIpc) is 3.03. The van der Waals surface area contributed by atoms with Crippen LogP contribution in [0.5, 0.6) is 0 Å². The summed E-state index contributed by atoms with van der Waals surface area (Å²) in [5, 5.41) is 8.61. The molecule has 2 atom stereocenters. The highest BCUT2D eigenvalue weighted by Crippen LogP contribution is 2.28. The molecule has 0 unspecified atom stereocenters. The lowest BCUT2D eigenvalue weighted by Gasteiger charge is -2.15. The first-order chi connectivity index (χ1) is 12.2. The number of allylic oxidation sites excluding steroid dienone is 2. The third-order valence-electron chi connectivity index (χ3n) is 4.95. The zero-order valence-corrected chi connectivity index (χ0v) is 16.1. The van der Waals surface area contributed by atoms with Crippen molar-refractivity contribution in [3.05, 3.63) is 12.2 Å². The van der Waals surface area contributed by atoms with Crippen LogP contribution in [0.2, 0.25) is 0 Å². The van der Waals surface area contributed by atoms with E-state index in [1.165, 1.54) is 38.5 Å². The van der Waals surface area contributed by atoms with Crippen LogP contribution < -0.4 is 0 Å². The van der Waals surface area contributed by atoms with E-state index in [0.29, 0.717) is 11.8 Å². The van der Waals surface area contributed by atoms with Crippen molar-refractivity contribution in [2.45, 2.75) is 77.6 Å². The van der Waals surface area contributed by atoms with E-state index in [4.69, 9.17) is 14.6 Å². The number of carbonyl (C=O) groups is 1. The molecule has 0 amide bonds. The first-order valence-electron chi connectivity index (χ1n) is 10.3. The SMILES string of the molecule is CCCCCCOCCCC[C@@H]1COC[C@@H]1CC=CCCCC(=O)O. The molecule has 0 aromatic heterocycles. The van der Waals surface area contributed by atoms with Gasteiger partial charge in [0.1, 0.15) is 0 Å². The molecular weight excluding hydrogens is 316 g/mol. The van der Waals surface area contributed by atoms with Crippen LogP contribution in [0.4, 0.5) is 0 Å². The van der Waals surface area contributed by atoms with Gasteiger partial charge in [-0.1, -0.05) is 44.8 Å². The number of ether oxygens (including phenoxy) is 2. The van der Waals surface area contributed by atoms with Gasteiger partial charge in [0.2, 0.25) is 0 Å². The molecule has 0 bridgehead atoms. The fourth-order valence-corrected chi connectivity index (χ4v) is 3.33. The zero-order chi connectivity index (χ0) is 18.2. The van der Waals surface area contributed by atoms with Gasteiger partial charge in [-0.3, -0.25) is 4.79 Å². The second-order valence-electron chi connectivity index (χ2n) is 7.22. The molecule has 1 aliphatic rings. The number of carboxylic acid groups (broad SMARTS) is 1. The van der Waals surface area contributed by atoms with Gasteiger partial charge in [0.25, 0.3) is 0 Å². The van der Waals surface area contributed by atoms with Gasteiger partial charge in [0.05, 0.1) is 6.61 Å². The summed E-state index contributed by atoms with van der Waals surface area (Å²) in [6, 6.07) is 0. The molecule has 4 nitrogen and oxygen atoms in total. The van der Waals surface area contributed by atoms with Crippen molar-refractivity contribution in [3.63, 3.8) is 0 Å². The van der Waals surface area contributed by atoms with E-state index in [1.807, 2.05) is 0 Å². The van der Waals surface area contributed by atoms with Crippen LogP contribution in [0.3, 0.4) is 0 Å². The monoisotopic (exact) mass is 354 g/mol. The van der Waals surface area contributed by atoms with Gasteiger partial charge in [-0.2, -0.15) is 0 Å². The van der Waals surface area contributed by atoms with E-state index >= 15 is 0 Å². The summed E-state index contributed by atoms with van der Waals surface area (Å²) in [5.74, 6) is 0.599. The second kappa shape index (κ2) is 15.4. The molecule has 0 radical (unpaired) electrons. The summed E-state index contributed by atoms with van der Waals surface area (Å²) >= 11 is 0. The van der Waals surface area contributed by atoms with Crippen LogP contribution in [-0.2, 0) is 14.3 Å². The maximum absolute atomic E-state index is 10.5. The minimum absolute atomic E-state index is 0.264. The summed E-state index contributed by atoms with van der Waals surface area (Å²) in [6.45, 7) is 5.82. The molecular formula is C21H38O4. The summed E-state index contributed by atoms with van der Waals surface area (Å²) in [7, 11) is 0. The molecule has 0 spiro atoms. The lowest BCUT2D eigenvalue weighted by Crippen LogP contribution is -2.12. The predicted molar refractivity (Wildman–Crippen MR) is 102 cm³/mol. The minimum atomic E-state index is -0.706. The predicted octanol–water partition coefficient (Wildman–Crippen LogP) is 5.22. The summed E-state index contributed by atoms with van der Waals surface area (Å²) in [6.07, 6.45) is 16.0. The Labute approximate surface area is 154 Å². The molecule has 25 heavy (non-hydrogen) atoms. The van der Waals surface area contributed by atoms with Crippen molar-refractivity contribution in [1.29, 1.82) is 0 Å².